The molecule has 10 heteroatoms. The Bertz CT molecular complexity index is 974. The molecule has 0 radical (unpaired) electrons. The van der Waals surface area contributed by atoms with Crippen LogP contribution in [-0.2, 0) is 25.4 Å². The van der Waals surface area contributed by atoms with Crippen LogP contribution < -0.4 is 5.32 Å². The van der Waals surface area contributed by atoms with Crippen molar-refractivity contribution in [3.8, 4) is 0 Å². The Morgan fingerprint density at radius 2 is 2.03 bits per heavy atom. The first-order valence-corrected chi connectivity index (χ1v) is 14.2. The summed E-state index contributed by atoms with van der Waals surface area (Å²) in [7, 11) is 1.53. The van der Waals surface area contributed by atoms with Crippen LogP contribution in [-0.4, -0.2) is 71.1 Å². The van der Waals surface area contributed by atoms with Crippen LogP contribution in [0.1, 0.15) is 45.6 Å². The largest absolute Gasteiger partial charge is 0.443 e. The molecule has 37 heavy (non-hydrogen) atoms. The van der Waals surface area contributed by atoms with Gasteiger partial charge in [-0.15, -0.1) is 11.6 Å². The average Bonchev–Trinajstić information content (AvgIpc) is 3.52. The van der Waals surface area contributed by atoms with Crippen LogP contribution in [0.2, 0.25) is 0 Å². The molecule has 2 fully saturated rings. The molecule has 7 nitrogen and oxygen atoms in total. The SMILES string of the molecule is COC1C(OC(=O)NC(=O)CCl)CCC(O)(CSCCc2ccc(F)cc2)C1C1(C)OC1CC=C(C)C. The van der Waals surface area contributed by atoms with Crippen molar-refractivity contribution in [3.05, 3.63) is 47.3 Å². The average molecular weight is 558 g/mol. The fraction of sp³-hybridized carbons (Fsp3) is 0.630. The van der Waals surface area contributed by atoms with E-state index in [1.54, 1.807) is 23.9 Å². The molecule has 1 aromatic carbocycles. The van der Waals surface area contributed by atoms with Gasteiger partial charge in [-0.25, -0.2) is 9.18 Å². The summed E-state index contributed by atoms with van der Waals surface area (Å²) in [6, 6.07) is 6.43. The number of aryl methyl sites for hydroxylation is 1. The number of allylic oxidation sites excluding steroid dienone is 1. The van der Waals surface area contributed by atoms with Crippen molar-refractivity contribution in [3.63, 3.8) is 0 Å². The first kappa shape index (κ1) is 29.9. The number of alkyl carbamates (subject to hydrolysis) is 1. The number of benzene rings is 1. The lowest BCUT2D eigenvalue weighted by Crippen LogP contribution is -2.61. The monoisotopic (exact) mass is 557 g/mol. The Hall–Kier alpha value is -1.65. The quantitative estimate of drug-likeness (QED) is 0.177. The van der Waals surface area contributed by atoms with Crippen LogP contribution in [0.25, 0.3) is 0 Å². The van der Waals surface area contributed by atoms with E-state index in [1.807, 2.05) is 20.8 Å². The maximum absolute atomic E-state index is 13.2. The summed E-state index contributed by atoms with van der Waals surface area (Å²) < 4.78 is 30.8. The molecule has 1 heterocycles. The summed E-state index contributed by atoms with van der Waals surface area (Å²) in [6.07, 6.45) is 1.98. The lowest BCUT2D eigenvalue weighted by Gasteiger charge is -2.49. The lowest BCUT2D eigenvalue weighted by molar-refractivity contribution is -0.170. The van der Waals surface area contributed by atoms with Gasteiger partial charge in [0.1, 0.15) is 29.5 Å². The third-order valence-electron chi connectivity index (χ3n) is 7.17. The molecule has 2 aliphatic rings. The second-order valence-electron chi connectivity index (χ2n) is 10.2. The van der Waals surface area contributed by atoms with E-state index in [4.69, 9.17) is 25.8 Å². The smallest absolute Gasteiger partial charge is 0.414 e. The van der Waals surface area contributed by atoms with E-state index in [0.717, 1.165) is 17.7 Å². The van der Waals surface area contributed by atoms with E-state index in [0.29, 0.717) is 25.0 Å². The lowest BCUT2D eigenvalue weighted by atomic mass is 9.66. The number of hydrogen-bond donors (Lipinski definition) is 2. The molecule has 0 bridgehead atoms. The topological polar surface area (TPSA) is 97.4 Å². The van der Waals surface area contributed by atoms with Crippen molar-refractivity contribution in [2.75, 3.05) is 24.5 Å². The molecule has 0 aromatic heterocycles. The minimum atomic E-state index is -1.13. The normalized spacial score (nSPS) is 30.9. The van der Waals surface area contributed by atoms with Gasteiger partial charge in [-0.3, -0.25) is 10.1 Å². The van der Waals surface area contributed by atoms with Crippen molar-refractivity contribution in [2.45, 2.75) is 76.0 Å². The zero-order valence-electron chi connectivity index (χ0n) is 21.8. The summed E-state index contributed by atoms with van der Waals surface area (Å²) in [5.41, 5.74) is 0.396. The van der Waals surface area contributed by atoms with Gasteiger partial charge in [0, 0.05) is 18.8 Å². The Morgan fingerprint density at radius 1 is 1.32 bits per heavy atom. The van der Waals surface area contributed by atoms with Crippen molar-refractivity contribution in [1.82, 2.24) is 5.32 Å². The number of amides is 2. The van der Waals surface area contributed by atoms with Crippen LogP contribution in [0.4, 0.5) is 9.18 Å². The first-order chi connectivity index (χ1) is 17.5. The van der Waals surface area contributed by atoms with Gasteiger partial charge in [0.05, 0.1) is 11.7 Å². The van der Waals surface area contributed by atoms with Gasteiger partial charge in [-0.1, -0.05) is 23.8 Å². The maximum atomic E-state index is 13.2. The van der Waals surface area contributed by atoms with Crippen molar-refractivity contribution < 1.29 is 33.3 Å². The molecule has 2 N–H and O–H groups in total. The summed E-state index contributed by atoms with van der Waals surface area (Å²) in [5.74, 6) is -0.561. The molecule has 6 atom stereocenters. The van der Waals surface area contributed by atoms with Gasteiger partial charge in [0.2, 0.25) is 5.91 Å². The number of carbonyl (C=O) groups is 2. The number of nitrogens with one attached hydrogen (secondary N) is 1. The fourth-order valence-corrected chi connectivity index (χ4v) is 6.51. The van der Waals surface area contributed by atoms with Crippen LogP contribution >= 0.6 is 23.4 Å². The molecule has 1 aliphatic heterocycles. The summed E-state index contributed by atoms with van der Waals surface area (Å²) >= 11 is 7.10. The van der Waals surface area contributed by atoms with Crippen molar-refractivity contribution in [1.29, 1.82) is 0 Å². The van der Waals surface area contributed by atoms with E-state index >= 15 is 0 Å². The van der Waals surface area contributed by atoms with E-state index in [2.05, 4.69) is 11.4 Å². The predicted octanol–water partition coefficient (Wildman–Crippen LogP) is 4.63. The van der Waals surface area contributed by atoms with Gasteiger partial charge in [0.25, 0.3) is 0 Å². The minimum absolute atomic E-state index is 0.105. The summed E-state index contributed by atoms with van der Waals surface area (Å²) in [5, 5.41) is 14.1. The Kier molecular flexibility index (Phi) is 10.5. The second kappa shape index (κ2) is 12.9. The number of halogens is 2. The van der Waals surface area contributed by atoms with Gasteiger partial charge in [-0.2, -0.15) is 11.8 Å². The van der Waals surface area contributed by atoms with E-state index in [1.165, 1.54) is 24.8 Å². The number of aliphatic hydroxyl groups is 1. The number of thioether (sulfide) groups is 1. The second-order valence-corrected chi connectivity index (χ2v) is 11.6. The molecule has 206 valence electrons. The molecule has 1 saturated carbocycles. The first-order valence-electron chi connectivity index (χ1n) is 12.5. The van der Waals surface area contributed by atoms with Gasteiger partial charge < -0.3 is 19.3 Å². The highest BCUT2D eigenvalue weighted by Gasteiger charge is 2.67. The zero-order chi connectivity index (χ0) is 27.2. The van der Waals surface area contributed by atoms with Crippen molar-refractivity contribution >= 4 is 35.4 Å². The van der Waals surface area contributed by atoms with Crippen LogP contribution in [0, 0.1) is 11.7 Å². The summed E-state index contributed by atoms with van der Waals surface area (Å²) in [4.78, 5) is 23.8. The predicted molar refractivity (Wildman–Crippen MR) is 142 cm³/mol. The van der Waals surface area contributed by atoms with Gasteiger partial charge in [-0.05, 0) is 69.9 Å². The molecule has 1 aromatic rings. The van der Waals surface area contributed by atoms with Gasteiger partial charge >= 0.3 is 6.09 Å². The highest BCUT2D eigenvalue weighted by molar-refractivity contribution is 7.99. The minimum Gasteiger partial charge on any atom is -0.443 e. The third kappa shape index (κ3) is 7.69. The highest BCUT2D eigenvalue weighted by Crippen LogP contribution is 2.55. The van der Waals surface area contributed by atoms with E-state index < -0.39 is 41.3 Å². The standard InChI is InChI=1S/C27H37ClFNO6S/c1-17(2)5-10-21-26(3,36-21)24-23(34-4)20(35-25(32)30-22(31)15-28)11-13-27(24,33)16-37-14-12-18-6-8-19(29)9-7-18/h5-9,20-21,23-24,33H,10-16H2,1-4H3,(H,30,31,32). The number of methoxy groups -OCH3 is 1. The Labute approximate surface area is 227 Å². The number of imide groups is 1. The zero-order valence-corrected chi connectivity index (χ0v) is 23.4. The molecule has 3 rings (SSSR count). The number of ether oxygens (including phenoxy) is 3. The molecular formula is C27H37ClFNO6S. The maximum Gasteiger partial charge on any atom is 0.414 e. The Morgan fingerprint density at radius 3 is 2.65 bits per heavy atom. The third-order valence-corrected chi connectivity index (χ3v) is 8.60. The van der Waals surface area contributed by atoms with Crippen LogP contribution in [0.3, 0.4) is 0 Å². The number of epoxide rings is 1. The fourth-order valence-electron chi connectivity index (χ4n) is 5.24. The van der Waals surface area contributed by atoms with E-state index in [9.17, 15) is 19.1 Å². The Balaban J connectivity index is 1.74. The number of rotatable bonds is 11. The molecular weight excluding hydrogens is 521 g/mol. The van der Waals surface area contributed by atoms with Crippen LogP contribution in [0.5, 0.6) is 0 Å². The molecule has 1 saturated heterocycles. The molecule has 1 aliphatic carbocycles. The number of hydrogen-bond acceptors (Lipinski definition) is 7. The molecule has 6 unspecified atom stereocenters. The number of alkyl halides is 1. The number of carbonyl (C=O) groups excluding carboxylic acids is 2. The van der Waals surface area contributed by atoms with Gasteiger partial charge in [0.15, 0.2) is 0 Å². The summed E-state index contributed by atoms with van der Waals surface area (Å²) in [6.45, 7) is 6.02. The molecule has 0 spiro atoms. The van der Waals surface area contributed by atoms with Crippen LogP contribution in [0.15, 0.2) is 35.9 Å². The molecule has 2 amide bonds. The van der Waals surface area contributed by atoms with E-state index in [-0.39, 0.29) is 17.8 Å². The highest BCUT2D eigenvalue weighted by atomic mass is 35.5. The van der Waals surface area contributed by atoms with Crippen molar-refractivity contribution in [2.24, 2.45) is 5.92 Å².